The van der Waals surface area contributed by atoms with Crippen molar-refractivity contribution >= 4 is 17.9 Å². The molecule has 0 N–H and O–H groups in total. The van der Waals surface area contributed by atoms with E-state index in [0.717, 1.165) is 83.5 Å². The molecule has 0 fully saturated rings. The van der Waals surface area contributed by atoms with Crippen LogP contribution in [0.25, 0.3) is 0 Å². The molecule has 0 rings (SSSR count). The molecule has 0 radical (unpaired) electrons. The maximum absolute atomic E-state index is 12.7. The predicted octanol–water partition coefficient (Wildman–Crippen LogP) is 13.2. The number of hydrogen-bond acceptors (Lipinski definition) is 7. The Morgan fingerprint density at radius 2 is 0.903 bits per heavy atom. The maximum Gasteiger partial charge on any atom is 0.306 e. The van der Waals surface area contributed by atoms with Crippen LogP contribution in [-0.4, -0.2) is 75.5 Å². The number of esters is 2. The first-order valence-corrected chi connectivity index (χ1v) is 25.3. The second kappa shape index (κ2) is 44.6. The number of carbonyl (C=O) groups is 3. The number of ether oxygens (including phenoxy) is 3. The Kier molecular flexibility index (Phi) is 42.5. The minimum atomic E-state index is -1.13. The number of rotatable bonds is 45. The summed E-state index contributed by atoms with van der Waals surface area (Å²) < 4.78 is 17.2. The Balaban J connectivity index is 4.23. The highest BCUT2D eigenvalue weighted by atomic mass is 16.6. The van der Waals surface area contributed by atoms with Gasteiger partial charge in [-0.3, -0.25) is 9.59 Å². The number of carbonyl (C=O) groups excluding carboxylic acids is 3. The van der Waals surface area contributed by atoms with Gasteiger partial charge >= 0.3 is 11.9 Å². The van der Waals surface area contributed by atoms with Gasteiger partial charge in [0.1, 0.15) is 12.6 Å². The van der Waals surface area contributed by atoms with Gasteiger partial charge in [-0.2, -0.15) is 0 Å². The van der Waals surface area contributed by atoms with Crippen LogP contribution in [0.5, 0.6) is 0 Å². The highest BCUT2D eigenvalue weighted by Crippen LogP contribution is 2.15. The molecule has 62 heavy (non-hydrogen) atoms. The van der Waals surface area contributed by atoms with Crippen molar-refractivity contribution in [2.24, 2.45) is 0 Å². The van der Waals surface area contributed by atoms with E-state index in [1.807, 2.05) is 0 Å². The van der Waals surface area contributed by atoms with Gasteiger partial charge in [0.15, 0.2) is 6.10 Å². The molecule has 0 bridgehead atoms. The van der Waals surface area contributed by atoms with Crippen molar-refractivity contribution in [1.82, 2.24) is 0 Å². The van der Waals surface area contributed by atoms with Gasteiger partial charge in [-0.25, -0.2) is 0 Å². The number of carboxylic acids is 1. The smallest absolute Gasteiger partial charge is 0.306 e. The van der Waals surface area contributed by atoms with Gasteiger partial charge in [0.05, 0.1) is 40.3 Å². The van der Waals surface area contributed by atoms with E-state index in [2.05, 4.69) is 74.6 Å². The Hall–Kier alpha value is -2.97. The van der Waals surface area contributed by atoms with E-state index < -0.39 is 18.1 Å². The quantitative estimate of drug-likeness (QED) is 0.0260. The first-order chi connectivity index (χ1) is 30.1. The van der Waals surface area contributed by atoms with Gasteiger partial charge in [0.25, 0.3) is 0 Å². The Morgan fingerprint density at radius 3 is 1.34 bits per heavy atom. The van der Waals surface area contributed by atoms with E-state index >= 15 is 0 Å². The summed E-state index contributed by atoms with van der Waals surface area (Å²) in [5, 5.41) is 11.7. The minimum Gasteiger partial charge on any atom is -0.544 e. The summed E-state index contributed by atoms with van der Waals surface area (Å²) in [7, 11) is 5.40. The van der Waals surface area contributed by atoms with Crippen LogP contribution in [0.2, 0.25) is 0 Å². The zero-order chi connectivity index (χ0) is 45.6. The minimum absolute atomic E-state index is 0.0317. The number of hydrogen-bond donors (Lipinski definition) is 0. The first-order valence-electron chi connectivity index (χ1n) is 25.3. The van der Waals surface area contributed by atoms with Gasteiger partial charge in [-0.15, -0.1) is 0 Å². The zero-order valence-corrected chi connectivity index (χ0v) is 40.8. The summed E-state index contributed by atoms with van der Waals surface area (Å²) in [4.78, 5) is 37.0. The topological polar surface area (TPSA) is 102 Å². The molecular weight excluding hydrogens is 775 g/mol. The number of nitrogens with zero attached hydrogens (tertiary/aromatic N) is 1. The van der Waals surface area contributed by atoms with Crippen molar-refractivity contribution in [3.8, 4) is 0 Å². The first kappa shape index (κ1) is 59.0. The third-order valence-electron chi connectivity index (χ3n) is 11.1. The van der Waals surface area contributed by atoms with Crippen LogP contribution in [0, 0.1) is 0 Å². The second-order valence-corrected chi connectivity index (χ2v) is 18.0. The van der Waals surface area contributed by atoms with Crippen molar-refractivity contribution < 1.29 is 38.2 Å². The molecule has 0 heterocycles. The lowest BCUT2D eigenvalue weighted by Gasteiger charge is -2.34. The van der Waals surface area contributed by atoms with Crippen LogP contribution >= 0.6 is 0 Å². The summed E-state index contributed by atoms with van der Waals surface area (Å²) in [6, 6.07) is -0.731. The normalized spacial score (nSPS) is 13.4. The number of carboxylic acid groups (broad SMARTS) is 1. The molecule has 0 aliphatic carbocycles. The molecule has 358 valence electrons. The van der Waals surface area contributed by atoms with Crippen molar-refractivity contribution in [3.63, 3.8) is 0 Å². The summed E-state index contributed by atoms with van der Waals surface area (Å²) in [5.74, 6) is -1.76. The lowest BCUT2D eigenvalue weighted by molar-refractivity contribution is -0.889. The SMILES string of the molecule is CC/C=C\C/C=C\C/C=C\CCCCCCCC(=O)OC(COCCC(C(=O)[O-])[N+](C)(C)C)COC(=O)CCCCCCCCCCCCC/C=C\C/C=C\CCCCCCC. The predicted molar refractivity (Wildman–Crippen MR) is 259 cm³/mol. The van der Waals surface area contributed by atoms with Gasteiger partial charge in [-0.1, -0.05) is 177 Å². The van der Waals surface area contributed by atoms with Crippen LogP contribution in [0.3, 0.4) is 0 Å². The van der Waals surface area contributed by atoms with Crippen LogP contribution in [0.4, 0.5) is 0 Å². The van der Waals surface area contributed by atoms with Crippen molar-refractivity contribution in [2.75, 3.05) is 41.0 Å². The van der Waals surface area contributed by atoms with E-state index in [-0.39, 0.29) is 42.7 Å². The van der Waals surface area contributed by atoms with Gasteiger partial charge in [-0.05, 0) is 77.0 Å². The van der Waals surface area contributed by atoms with Gasteiger partial charge < -0.3 is 28.6 Å². The molecule has 8 heteroatoms. The largest absolute Gasteiger partial charge is 0.544 e. The maximum atomic E-state index is 12.7. The van der Waals surface area contributed by atoms with E-state index in [1.165, 1.54) is 96.3 Å². The molecule has 2 unspecified atom stereocenters. The summed E-state index contributed by atoms with van der Waals surface area (Å²) in [6.07, 6.45) is 55.4. The second-order valence-electron chi connectivity index (χ2n) is 18.0. The Bertz CT molecular complexity index is 1200. The Morgan fingerprint density at radius 1 is 0.500 bits per heavy atom. The van der Waals surface area contributed by atoms with Crippen molar-refractivity contribution in [2.45, 2.75) is 225 Å². The molecular formula is C54H95NO7. The van der Waals surface area contributed by atoms with E-state index in [4.69, 9.17) is 14.2 Å². The van der Waals surface area contributed by atoms with Crippen molar-refractivity contribution in [1.29, 1.82) is 0 Å². The third-order valence-corrected chi connectivity index (χ3v) is 11.1. The highest BCUT2D eigenvalue weighted by Gasteiger charge is 2.25. The lowest BCUT2D eigenvalue weighted by atomic mass is 10.0. The summed E-state index contributed by atoms with van der Waals surface area (Å²) in [5.41, 5.74) is 0. The van der Waals surface area contributed by atoms with Crippen molar-refractivity contribution in [3.05, 3.63) is 60.8 Å². The average molecular weight is 870 g/mol. The average Bonchev–Trinajstić information content (AvgIpc) is 3.23. The number of unbranched alkanes of at least 4 members (excludes halogenated alkanes) is 21. The van der Waals surface area contributed by atoms with E-state index in [1.54, 1.807) is 21.1 Å². The molecule has 0 aliphatic heterocycles. The van der Waals surface area contributed by atoms with Gasteiger partial charge in [0, 0.05) is 19.3 Å². The Labute approximate surface area is 381 Å². The molecule has 0 aromatic rings. The highest BCUT2D eigenvalue weighted by molar-refractivity contribution is 5.70. The molecule has 0 aromatic heterocycles. The van der Waals surface area contributed by atoms with Gasteiger partial charge in [0.2, 0.25) is 0 Å². The number of quaternary nitrogens is 1. The van der Waals surface area contributed by atoms with E-state index in [9.17, 15) is 19.5 Å². The molecule has 8 nitrogen and oxygen atoms in total. The standard InChI is InChI=1S/C54H95NO7/c1-6-8-10-12-14-16-18-20-22-23-24-25-26-27-28-29-31-32-34-36-38-40-42-44-52(56)61-49-50(48-60-47-46-51(54(58)59)55(3,4)5)62-53(57)45-43-41-39-37-35-33-30-21-19-17-15-13-11-9-7-2/h9,11,15,17-18,20-21,23-24,30,50-51H,6-8,10,12-14,16,19,22,25-29,31-49H2,1-5H3/b11-9-,17-15-,20-18-,24-23-,30-21-. The fourth-order valence-corrected chi connectivity index (χ4v) is 7.23. The molecule has 0 aromatic carbocycles. The van der Waals surface area contributed by atoms with Crippen LogP contribution in [0.15, 0.2) is 60.8 Å². The molecule has 2 atom stereocenters. The molecule has 0 aliphatic rings. The molecule has 0 saturated carbocycles. The van der Waals surface area contributed by atoms with E-state index in [0.29, 0.717) is 12.8 Å². The fraction of sp³-hybridized carbons (Fsp3) is 0.759. The molecule has 0 spiro atoms. The fourth-order valence-electron chi connectivity index (χ4n) is 7.23. The van der Waals surface area contributed by atoms with Crippen LogP contribution in [-0.2, 0) is 28.6 Å². The zero-order valence-electron chi connectivity index (χ0n) is 40.8. The molecule has 0 saturated heterocycles. The monoisotopic (exact) mass is 870 g/mol. The third kappa shape index (κ3) is 42.3. The molecule has 0 amide bonds. The number of likely N-dealkylation sites (N-methyl/N-ethyl adjacent to an activating group) is 1. The van der Waals surface area contributed by atoms with Crippen LogP contribution in [0.1, 0.15) is 213 Å². The summed E-state index contributed by atoms with van der Waals surface area (Å²) in [6.45, 7) is 4.53. The number of allylic oxidation sites excluding steroid dienone is 10. The lowest BCUT2D eigenvalue weighted by Crippen LogP contribution is -2.55. The number of aliphatic carboxylic acids is 1. The summed E-state index contributed by atoms with van der Waals surface area (Å²) >= 11 is 0. The van der Waals surface area contributed by atoms with Crippen LogP contribution < -0.4 is 5.11 Å².